The van der Waals surface area contributed by atoms with Gasteiger partial charge in [0.15, 0.2) is 17.3 Å². The smallest absolute Gasteiger partial charge is 0.266 e. The molecule has 0 atom stereocenters. The Balaban J connectivity index is 1.71. The molecule has 6 nitrogen and oxygen atoms in total. The third-order valence-corrected chi connectivity index (χ3v) is 4.36. The number of ether oxygens (including phenoxy) is 2. The lowest BCUT2D eigenvalue weighted by Gasteiger charge is -1.96. The maximum absolute atomic E-state index is 12.1. The SMILES string of the molecule is O=C(/C=c1/[nH]c(=O)/c(=C/c2ccc3c(c2)OCO3)s1)c1ccco1. The van der Waals surface area contributed by atoms with Crippen LogP contribution in [0.25, 0.3) is 12.2 Å². The Bertz CT molecular complexity index is 1080. The van der Waals surface area contributed by atoms with Crippen molar-refractivity contribution in [1.29, 1.82) is 0 Å². The molecule has 3 heterocycles. The monoisotopic (exact) mass is 341 g/mol. The van der Waals surface area contributed by atoms with E-state index in [-0.39, 0.29) is 23.9 Å². The first-order valence-corrected chi connectivity index (χ1v) is 7.91. The van der Waals surface area contributed by atoms with Crippen LogP contribution in [0.1, 0.15) is 16.1 Å². The second-order valence-corrected chi connectivity index (χ2v) is 6.11. The molecular weight excluding hydrogens is 330 g/mol. The van der Waals surface area contributed by atoms with Crippen molar-refractivity contribution in [2.24, 2.45) is 0 Å². The number of nitrogens with one attached hydrogen (secondary N) is 1. The fourth-order valence-electron chi connectivity index (χ4n) is 2.29. The first-order valence-electron chi connectivity index (χ1n) is 7.09. The fraction of sp³-hybridized carbons (Fsp3) is 0.0588. The summed E-state index contributed by atoms with van der Waals surface area (Å²) in [5.74, 6) is 1.26. The zero-order valence-electron chi connectivity index (χ0n) is 12.3. The van der Waals surface area contributed by atoms with Gasteiger partial charge in [-0.15, -0.1) is 11.3 Å². The largest absolute Gasteiger partial charge is 0.461 e. The lowest BCUT2D eigenvalue weighted by Crippen LogP contribution is -2.19. The molecule has 4 rings (SSSR count). The van der Waals surface area contributed by atoms with Crippen molar-refractivity contribution in [2.45, 2.75) is 0 Å². The Morgan fingerprint density at radius 3 is 2.92 bits per heavy atom. The molecule has 24 heavy (non-hydrogen) atoms. The standard InChI is InChI=1S/C17H11NO5S/c19-11(12-2-1-5-21-12)8-16-18-17(20)15(24-16)7-10-3-4-13-14(6-10)23-9-22-13/h1-8H,9H2,(H,18,20)/b15-7-,16-8-. The van der Waals surface area contributed by atoms with E-state index in [1.54, 1.807) is 30.3 Å². The minimum atomic E-state index is -0.299. The van der Waals surface area contributed by atoms with Gasteiger partial charge in [0.2, 0.25) is 12.6 Å². The molecule has 2 aromatic heterocycles. The number of furan rings is 1. The number of aromatic nitrogens is 1. The van der Waals surface area contributed by atoms with Gasteiger partial charge in [-0.05, 0) is 35.9 Å². The summed E-state index contributed by atoms with van der Waals surface area (Å²) < 4.78 is 16.6. The van der Waals surface area contributed by atoms with Gasteiger partial charge in [-0.25, -0.2) is 0 Å². The number of ketones is 1. The van der Waals surface area contributed by atoms with Crippen LogP contribution in [0.3, 0.4) is 0 Å². The van der Waals surface area contributed by atoms with Crippen molar-refractivity contribution in [3.63, 3.8) is 0 Å². The molecule has 1 N–H and O–H groups in total. The number of Topliss-reactive ketones (excluding diaryl/α,β-unsaturated/α-hetero) is 1. The van der Waals surface area contributed by atoms with Gasteiger partial charge >= 0.3 is 0 Å². The topological polar surface area (TPSA) is 81.5 Å². The molecule has 7 heteroatoms. The second kappa shape index (κ2) is 5.86. The number of rotatable bonds is 3. The molecule has 1 aliphatic heterocycles. The highest BCUT2D eigenvalue weighted by atomic mass is 32.1. The normalized spacial score (nSPS) is 14.3. The van der Waals surface area contributed by atoms with Crippen LogP contribution < -0.4 is 24.2 Å². The highest BCUT2D eigenvalue weighted by Gasteiger charge is 2.12. The summed E-state index contributed by atoms with van der Waals surface area (Å²) in [5.41, 5.74) is 0.562. The van der Waals surface area contributed by atoms with Crippen LogP contribution in [0.5, 0.6) is 11.5 Å². The fourth-order valence-corrected chi connectivity index (χ4v) is 3.17. The van der Waals surface area contributed by atoms with E-state index in [0.29, 0.717) is 20.7 Å². The van der Waals surface area contributed by atoms with Gasteiger partial charge in [0.1, 0.15) is 0 Å². The quantitative estimate of drug-likeness (QED) is 0.725. The summed E-state index contributed by atoms with van der Waals surface area (Å²) in [6, 6.07) is 8.65. The van der Waals surface area contributed by atoms with Crippen LogP contribution in [0.15, 0.2) is 45.8 Å². The summed E-state index contributed by atoms with van der Waals surface area (Å²) in [6.07, 6.45) is 4.51. The van der Waals surface area contributed by atoms with Crippen molar-refractivity contribution in [3.8, 4) is 11.5 Å². The third kappa shape index (κ3) is 2.77. The molecule has 0 amide bonds. The number of hydrogen-bond donors (Lipinski definition) is 1. The van der Waals surface area contributed by atoms with E-state index >= 15 is 0 Å². The van der Waals surface area contributed by atoms with Gasteiger partial charge in [0, 0.05) is 6.08 Å². The Kier molecular flexibility index (Phi) is 3.55. The van der Waals surface area contributed by atoms with E-state index in [4.69, 9.17) is 13.9 Å². The molecule has 1 aliphatic rings. The molecule has 0 bridgehead atoms. The van der Waals surface area contributed by atoms with Crippen molar-refractivity contribution < 1.29 is 18.7 Å². The van der Waals surface area contributed by atoms with Crippen LogP contribution >= 0.6 is 11.3 Å². The maximum Gasteiger partial charge on any atom is 0.266 e. The molecule has 1 aromatic carbocycles. The van der Waals surface area contributed by atoms with E-state index in [9.17, 15) is 9.59 Å². The third-order valence-electron chi connectivity index (χ3n) is 3.40. The van der Waals surface area contributed by atoms with Crippen molar-refractivity contribution in [1.82, 2.24) is 4.98 Å². The van der Waals surface area contributed by atoms with Gasteiger partial charge in [-0.3, -0.25) is 9.59 Å². The number of thiazole rings is 1. The first kappa shape index (κ1) is 14.5. The maximum atomic E-state index is 12.1. The van der Waals surface area contributed by atoms with Gasteiger partial charge in [0.05, 0.1) is 15.5 Å². The number of carbonyl (C=O) groups excluding carboxylic acids is 1. The van der Waals surface area contributed by atoms with Crippen LogP contribution in [-0.2, 0) is 0 Å². The molecule has 0 saturated heterocycles. The summed E-state index contributed by atoms with van der Waals surface area (Å²) in [7, 11) is 0. The molecule has 0 aliphatic carbocycles. The van der Waals surface area contributed by atoms with E-state index in [2.05, 4.69) is 4.98 Å². The lowest BCUT2D eigenvalue weighted by atomic mass is 10.2. The molecule has 0 radical (unpaired) electrons. The van der Waals surface area contributed by atoms with Gasteiger partial charge in [-0.1, -0.05) is 6.07 Å². The number of fused-ring (bicyclic) bond motifs is 1. The molecule has 0 saturated carbocycles. The van der Waals surface area contributed by atoms with Crippen LogP contribution in [0.4, 0.5) is 0 Å². The Morgan fingerprint density at radius 2 is 2.08 bits per heavy atom. The van der Waals surface area contributed by atoms with E-state index in [1.165, 1.54) is 23.7 Å². The van der Waals surface area contributed by atoms with Gasteiger partial charge < -0.3 is 18.9 Å². The first-order chi connectivity index (χ1) is 11.7. The summed E-state index contributed by atoms with van der Waals surface area (Å²) in [6.45, 7) is 0.201. The summed E-state index contributed by atoms with van der Waals surface area (Å²) in [4.78, 5) is 26.7. The predicted molar refractivity (Wildman–Crippen MR) is 87.8 cm³/mol. The molecule has 120 valence electrons. The summed E-state index contributed by atoms with van der Waals surface area (Å²) in [5, 5.41) is 0. The van der Waals surface area contributed by atoms with Crippen molar-refractivity contribution >= 4 is 29.3 Å². The molecule has 0 spiro atoms. The van der Waals surface area contributed by atoms with Crippen LogP contribution in [0, 0.1) is 0 Å². The molecule has 0 fully saturated rings. The average molecular weight is 341 g/mol. The number of benzene rings is 1. The highest BCUT2D eigenvalue weighted by molar-refractivity contribution is 7.07. The molecular formula is C17H11NO5S. The molecule has 0 unspecified atom stereocenters. The number of aromatic amines is 1. The Labute approximate surface area is 139 Å². The lowest BCUT2D eigenvalue weighted by molar-refractivity contribution is 0.103. The minimum absolute atomic E-state index is 0.201. The average Bonchev–Trinajstić information content (AvgIpc) is 3.29. The highest BCUT2D eigenvalue weighted by Crippen LogP contribution is 2.32. The van der Waals surface area contributed by atoms with Crippen molar-refractivity contribution in [2.75, 3.05) is 6.79 Å². The second-order valence-electron chi connectivity index (χ2n) is 5.03. The van der Waals surface area contributed by atoms with E-state index in [0.717, 1.165) is 5.56 Å². The van der Waals surface area contributed by atoms with Gasteiger partial charge in [-0.2, -0.15) is 0 Å². The van der Waals surface area contributed by atoms with Crippen LogP contribution in [-0.4, -0.2) is 17.6 Å². The van der Waals surface area contributed by atoms with Gasteiger partial charge in [0.25, 0.3) is 5.56 Å². The number of carbonyl (C=O) groups is 1. The van der Waals surface area contributed by atoms with Crippen LogP contribution in [0.2, 0.25) is 0 Å². The summed E-state index contributed by atoms with van der Waals surface area (Å²) >= 11 is 1.20. The van der Waals surface area contributed by atoms with E-state index < -0.39 is 0 Å². The Morgan fingerprint density at radius 1 is 1.21 bits per heavy atom. The van der Waals surface area contributed by atoms with E-state index in [1.807, 2.05) is 6.07 Å². The molecule has 3 aromatic rings. The number of hydrogen-bond acceptors (Lipinski definition) is 6. The number of H-pyrrole nitrogens is 1. The zero-order chi connectivity index (χ0) is 16.5. The Hall–Kier alpha value is -3.06. The van der Waals surface area contributed by atoms with Crippen molar-refractivity contribution in [3.05, 3.63) is 67.5 Å². The minimum Gasteiger partial charge on any atom is -0.461 e. The predicted octanol–water partition coefficient (Wildman–Crippen LogP) is 1.25. The zero-order valence-corrected chi connectivity index (χ0v) is 13.1.